The number of halogens is 1. The molecule has 0 atom stereocenters. The third-order valence-electron chi connectivity index (χ3n) is 5.13. The fraction of sp³-hybridized carbons (Fsp3) is 0.476. The van der Waals surface area contributed by atoms with E-state index in [4.69, 9.17) is 11.6 Å². The van der Waals surface area contributed by atoms with Crippen molar-refractivity contribution in [1.29, 1.82) is 0 Å². The minimum atomic E-state index is -0.0232. The number of anilines is 1. The van der Waals surface area contributed by atoms with E-state index in [0.717, 1.165) is 63.2 Å². The number of nitrogens with one attached hydrogen (secondary N) is 2. The summed E-state index contributed by atoms with van der Waals surface area (Å²) in [6.45, 7) is 6.15. The predicted octanol–water partition coefficient (Wildman–Crippen LogP) is 3.39. The number of nitrogens with zero attached hydrogens (tertiary/aromatic N) is 3. The Morgan fingerprint density at radius 1 is 1.17 bits per heavy atom. The highest BCUT2D eigenvalue weighted by molar-refractivity contribution is 6.30. The average Bonchev–Trinajstić information content (AvgIpc) is 3.01. The molecule has 0 aliphatic carbocycles. The van der Waals surface area contributed by atoms with E-state index in [-0.39, 0.29) is 11.8 Å². The first-order valence-electron chi connectivity index (χ1n) is 10.1. The number of H-pyrrole nitrogens is 1. The van der Waals surface area contributed by atoms with Crippen LogP contribution in [0.2, 0.25) is 5.02 Å². The molecule has 2 heterocycles. The Morgan fingerprint density at radius 2 is 2.03 bits per heavy atom. The minimum absolute atomic E-state index is 0.0232. The highest BCUT2D eigenvalue weighted by atomic mass is 35.5. The predicted molar refractivity (Wildman–Crippen MR) is 115 cm³/mol. The molecule has 2 N–H and O–H groups in total. The molecule has 1 aliphatic heterocycles. The van der Waals surface area contributed by atoms with Gasteiger partial charge in [-0.15, -0.1) is 0 Å². The number of unbranched alkanes of at least 4 members (excludes halogenated alkanes) is 1. The molecule has 3 rings (SSSR count). The van der Waals surface area contributed by atoms with E-state index < -0.39 is 0 Å². The maximum absolute atomic E-state index is 12.2. The first-order valence-corrected chi connectivity index (χ1v) is 10.5. The second-order valence-corrected chi connectivity index (χ2v) is 7.82. The molecule has 8 heteroatoms. The molecule has 0 radical (unpaired) electrons. The normalized spacial score (nSPS) is 15.2. The van der Waals surface area contributed by atoms with Crippen molar-refractivity contribution in [2.75, 3.05) is 38.0 Å². The molecule has 2 amide bonds. The van der Waals surface area contributed by atoms with Gasteiger partial charge in [0.05, 0.1) is 5.69 Å². The van der Waals surface area contributed by atoms with E-state index in [1.165, 1.54) is 0 Å². The number of carbonyl (C=O) groups excluding carboxylic acids is 2. The number of hydrogen-bond donors (Lipinski definition) is 2. The Kier molecular flexibility index (Phi) is 7.66. The van der Waals surface area contributed by atoms with E-state index in [1.807, 2.05) is 35.2 Å². The number of carbonyl (C=O) groups is 2. The van der Waals surface area contributed by atoms with Gasteiger partial charge < -0.3 is 15.1 Å². The lowest BCUT2D eigenvalue weighted by atomic mass is 10.1. The van der Waals surface area contributed by atoms with Gasteiger partial charge in [-0.25, -0.2) is 0 Å². The molecule has 0 saturated carbocycles. The largest absolute Gasteiger partial charge is 0.342 e. The van der Waals surface area contributed by atoms with Crippen molar-refractivity contribution >= 4 is 29.2 Å². The van der Waals surface area contributed by atoms with E-state index in [0.29, 0.717) is 17.3 Å². The Morgan fingerprint density at radius 3 is 2.83 bits per heavy atom. The fourth-order valence-corrected chi connectivity index (χ4v) is 3.71. The zero-order chi connectivity index (χ0) is 20.6. The number of amides is 2. The van der Waals surface area contributed by atoms with E-state index in [2.05, 4.69) is 20.4 Å². The number of aromatic nitrogens is 2. The Labute approximate surface area is 176 Å². The van der Waals surface area contributed by atoms with Crippen molar-refractivity contribution in [2.24, 2.45) is 0 Å². The highest BCUT2D eigenvalue weighted by Gasteiger charge is 2.16. The number of rotatable bonds is 7. The maximum Gasteiger partial charge on any atom is 0.225 e. The topological polar surface area (TPSA) is 81.3 Å². The second-order valence-electron chi connectivity index (χ2n) is 7.38. The van der Waals surface area contributed by atoms with Crippen LogP contribution in [0.4, 0.5) is 5.82 Å². The minimum Gasteiger partial charge on any atom is -0.342 e. The zero-order valence-electron chi connectivity index (χ0n) is 16.8. The fourth-order valence-electron chi connectivity index (χ4n) is 3.52. The standard InChI is InChI=1S/C21H28ClN5O2/c1-16(28)27-11-5-10-26(12-13-27)9-3-2-8-21(29)23-20-15-19(24-25-20)17-6-4-7-18(22)14-17/h4,6-7,14-15H,2-3,5,8-13H2,1H3,(H2,23,24,25,29). The molecule has 1 aliphatic rings. The summed E-state index contributed by atoms with van der Waals surface area (Å²) in [5, 5.41) is 10.6. The quantitative estimate of drug-likeness (QED) is 0.676. The maximum atomic E-state index is 12.2. The van der Waals surface area contributed by atoms with Gasteiger partial charge in [0.25, 0.3) is 0 Å². The van der Waals surface area contributed by atoms with Crippen molar-refractivity contribution in [1.82, 2.24) is 20.0 Å². The van der Waals surface area contributed by atoms with Crippen molar-refractivity contribution in [3.8, 4) is 11.3 Å². The molecule has 0 unspecified atom stereocenters. The molecular weight excluding hydrogens is 390 g/mol. The molecule has 1 aromatic heterocycles. The van der Waals surface area contributed by atoms with Crippen LogP contribution in [0.5, 0.6) is 0 Å². The summed E-state index contributed by atoms with van der Waals surface area (Å²) in [6.07, 6.45) is 3.27. The number of benzene rings is 1. The van der Waals surface area contributed by atoms with Crippen LogP contribution in [0.3, 0.4) is 0 Å². The number of hydrogen-bond acceptors (Lipinski definition) is 4. The lowest BCUT2D eigenvalue weighted by Gasteiger charge is -2.20. The first kappa shape index (κ1) is 21.3. The van der Waals surface area contributed by atoms with Gasteiger partial charge >= 0.3 is 0 Å². The molecule has 2 aromatic rings. The van der Waals surface area contributed by atoms with Crippen molar-refractivity contribution in [3.63, 3.8) is 0 Å². The summed E-state index contributed by atoms with van der Waals surface area (Å²) in [6, 6.07) is 9.24. The van der Waals surface area contributed by atoms with Crippen molar-refractivity contribution in [2.45, 2.75) is 32.6 Å². The van der Waals surface area contributed by atoms with Crippen LogP contribution < -0.4 is 5.32 Å². The van der Waals surface area contributed by atoms with Crippen LogP contribution >= 0.6 is 11.6 Å². The first-order chi connectivity index (χ1) is 14.0. The molecular formula is C21H28ClN5O2. The Balaban J connectivity index is 1.37. The molecule has 1 saturated heterocycles. The van der Waals surface area contributed by atoms with Crippen LogP contribution in [0.25, 0.3) is 11.3 Å². The van der Waals surface area contributed by atoms with Crippen molar-refractivity contribution in [3.05, 3.63) is 35.4 Å². The van der Waals surface area contributed by atoms with Crippen LogP contribution in [0.1, 0.15) is 32.6 Å². The van der Waals surface area contributed by atoms with E-state index in [9.17, 15) is 9.59 Å². The summed E-state index contributed by atoms with van der Waals surface area (Å²) in [7, 11) is 0. The van der Waals surface area contributed by atoms with Crippen LogP contribution in [-0.2, 0) is 9.59 Å². The summed E-state index contributed by atoms with van der Waals surface area (Å²) < 4.78 is 0. The second kappa shape index (κ2) is 10.4. The smallest absolute Gasteiger partial charge is 0.225 e. The summed E-state index contributed by atoms with van der Waals surface area (Å²) in [5.41, 5.74) is 1.64. The monoisotopic (exact) mass is 417 g/mol. The van der Waals surface area contributed by atoms with E-state index in [1.54, 1.807) is 6.92 Å². The van der Waals surface area contributed by atoms with Gasteiger partial charge in [-0.3, -0.25) is 14.7 Å². The third-order valence-corrected chi connectivity index (χ3v) is 5.37. The molecule has 0 spiro atoms. The molecule has 29 heavy (non-hydrogen) atoms. The van der Waals surface area contributed by atoms with Crippen LogP contribution in [0, 0.1) is 0 Å². The van der Waals surface area contributed by atoms with Gasteiger partial charge in [-0.1, -0.05) is 23.7 Å². The van der Waals surface area contributed by atoms with Crippen LogP contribution in [0.15, 0.2) is 30.3 Å². The third kappa shape index (κ3) is 6.58. The lowest BCUT2D eigenvalue weighted by Crippen LogP contribution is -2.34. The van der Waals surface area contributed by atoms with Crippen molar-refractivity contribution < 1.29 is 9.59 Å². The molecule has 0 bridgehead atoms. The molecule has 7 nitrogen and oxygen atoms in total. The zero-order valence-corrected chi connectivity index (χ0v) is 17.5. The summed E-state index contributed by atoms with van der Waals surface area (Å²) in [4.78, 5) is 28.0. The van der Waals surface area contributed by atoms with E-state index >= 15 is 0 Å². The summed E-state index contributed by atoms with van der Waals surface area (Å²) in [5.74, 6) is 0.715. The Hall–Kier alpha value is -2.38. The number of aromatic amines is 1. The van der Waals surface area contributed by atoms with Crippen LogP contribution in [-0.4, -0.2) is 64.5 Å². The van der Waals surface area contributed by atoms with Gasteiger partial charge in [-0.05, 0) is 44.5 Å². The van der Waals surface area contributed by atoms with Gasteiger partial charge in [0, 0.05) is 49.6 Å². The molecule has 156 valence electrons. The van der Waals surface area contributed by atoms with Gasteiger partial charge in [-0.2, -0.15) is 5.10 Å². The SMILES string of the molecule is CC(=O)N1CCCN(CCCCC(=O)Nc2cc(-c3cccc(Cl)c3)n[nH]2)CC1. The highest BCUT2D eigenvalue weighted by Crippen LogP contribution is 2.22. The summed E-state index contributed by atoms with van der Waals surface area (Å²) >= 11 is 6.01. The van der Waals surface area contributed by atoms with Gasteiger partial charge in [0.2, 0.25) is 11.8 Å². The molecule has 1 aromatic carbocycles. The average molecular weight is 418 g/mol. The van der Waals surface area contributed by atoms with Gasteiger partial charge in [0.1, 0.15) is 5.82 Å². The Bertz CT molecular complexity index is 838. The lowest BCUT2D eigenvalue weighted by molar-refractivity contribution is -0.128. The van der Waals surface area contributed by atoms with Gasteiger partial charge in [0.15, 0.2) is 0 Å². The molecule has 1 fully saturated rings.